The van der Waals surface area contributed by atoms with Gasteiger partial charge < -0.3 is 5.32 Å². The van der Waals surface area contributed by atoms with Crippen molar-refractivity contribution in [2.24, 2.45) is 0 Å². The number of hydrogen-bond acceptors (Lipinski definition) is 2. The van der Waals surface area contributed by atoms with Crippen molar-refractivity contribution in [1.29, 1.82) is 0 Å². The lowest BCUT2D eigenvalue weighted by Crippen LogP contribution is -2.17. The maximum Gasteiger partial charge on any atom is 0.0317 e. The number of nitrogens with one attached hydrogen (secondary N) is 1. The van der Waals surface area contributed by atoms with Crippen LogP contribution < -0.4 is 5.32 Å². The van der Waals surface area contributed by atoms with E-state index in [0.29, 0.717) is 0 Å². The molecule has 1 aromatic rings. The lowest BCUT2D eigenvalue weighted by Gasteiger charge is -2.02. The summed E-state index contributed by atoms with van der Waals surface area (Å²) < 4.78 is 1.32. The molecule has 1 aliphatic rings. The SMILES string of the molecule is Cc1cc(Br)c(CCCCCCNC2CC2)s1. The Hall–Kier alpha value is 0.140. The van der Waals surface area contributed by atoms with Gasteiger partial charge in [-0.05, 0) is 67.6 Å². The summed E-state index contributed by atoms with van der Waals surface area (Å²) >= 11 is 5.57. The minimum atomic E-state index is 0.875. The lowest BCUT2D eigenvalue weighted by atomic mass is 10.1. The number of thiophene rings is 1. The first-order valence-electron chi connectivity index (χ1n) is 6.74. The molecule has 0 atom stereocenters. The summed E-state index contributed by atoms with van der Waals surface area (Å²) in [6.07, 6.45) is 9.49. The van der Waals surface area contributed by atoms with Crippen LogP contribution in [0.2, 0.25) is 0 Å². The molecule has 1 aliphatic carbocycles. The predicted octanol–water partition coefficient (Wildman–Crippen LogP) is 4.67. The lowest BCUT2D eigenvalue weighted by molar-refractivity contribution is 0.586. The molecule has 0 radical (unpaired) electrons. The zero-order valence-electron chi connectivity index (χ0n) is 10.6. The van der Waals surface area contributed by atoms with Crippen LogP contribution >= 0.6 is 27.3 Å². The first-order valence-corrected chi connectivity index (χ1v) is 8.35. The van der Waals surface area contributed by atoms with E-state index in [4.69, 9.17) is 0 Å². The van der Waals surface area contributed by atoms with Gasteiger partial charge in [-0.3, -0.25) is 0 Å². The average Bonchev–Trinajstić information content (AvgIpc) is 3.04. The molecule has 0 unspecified atom stereocenters. The highest BCUT2D eigenvalue weighted by atomic mass is 79.9. The summed E-state index contributed by atoms with van der Waals surface area (Å²) in [7, 11) is 0. The Morgan fingerprint density at radius 1 is 1.29 bits per heavy atom. The molecule has 1 aromatic heterocycles. The van der Waals surface area contributed by atoms with E-state index in [1.807, 2.05) is 11.3 Å². The zero-order chi connectivity index (χ0) is 12.1. The Kier molecular flexibility index (Phi) is 5.51. The van der Waals surface area contributed by atoms with Gasteiger partial charge in [-0.25, -0.2) is 0 Å². The van der Waals surface area contributed by atoms with Gasteiger partial charge in [0.1, 0.15) is 0 Å². The molecule has 3 heteroatoms. The highest BCUT2D eigenvalue weighted by Crippen LogP contribution is 2.28. The Morgan fingerprint density at radius 2 is 2.06 bits per heavy atom. The van der Waals surface area contributed by atoms with Crippen LogP contribution in [0.25, 0.3) is 0 Å². The van der Waals surface area contributed by atoms with Crippen LogP contribution in [0.1, 0.15) is 48.3 Å². The normalized spacial score (nSPS) is 15.4. The Balaban J connectivity index is 1.49. The van der Waals surface area contributed by atoms with E-state index < -0.39 is 0 Å². The van der Waals surface area contributed by atoms with Crippen molar-refractivity contribution < 1.29 is 0 Å². The Bertz CT molecular complexity index is 344. The first kappa shape index (κ1) is 13.6. The van der Waals surface area contributed by atoms with Gasteiger partial charge in [0.05, 0.1) is 0 Å². The molecule has 0 bridgehead atoms. The highest BCUT2D eigenvalue weighted by Gasteiger charge is 2.19. The summed E-state index contributed by atoms with van der Waals surface area (Å²) in [5.41, 5.74) is 0. The van der Waals surface area contributed by atoms with E-state index >= 15 is 0 Å². The molecule has 17 heavy (non-hydrogen) atoms. The van der Waals surface area contributed by atoms with E-state index in [2.05, 4.69) is 34.2 Å². The van der Waals surface area contributed by atoms with Gasteiger partial charge in [0.15, 0.2) is 0 Å². The molecule has 96 valence electrons. The molecule has 2 rings (SSSR count). The summed E-state index contributed by atoms with van der Waals surface area (Å²) in [6.45, 7) is 3.41. The zero-order valence-corrected chi connectivity index (χ0v) is 13.0. The van der Waals surface area contributed by atoms with Crippen molar-refractivity contribution in [3.8, 4) is 0 Å². The summed E-state index contributed by atoms with van der Waals surface area (Å²) in [5, 5.41) is 3.57. The number of unbranched alkanes of at least 4 members (excludes halogenated alkanes) is 3. The van der Waals surface area contributed by atoms with E-state index in [1.165, 1.54) is 65.7 Å². The molecule has 0 saturated heterocycles. The quantitative estimate of drug-likeness (QED) is 0.687. The minimum absolute atomic E-state index is 0.875. The fraction of sp³-hybridized carbons (Fsp3) is 0.714. The first-order chi connectivity index (χ1) is 8.25. The van der Waals surface area contributed by atoms with Crippen LogP contribution in [-0.2, 0) is 6.42 Å². The molecule has 0 aromatic carbocycles. The van der Waals surface area contributed by atoms with Crippen molar-refractivity contribution in [2.45, 2.75) is 57.9 Å². The van der Waals surface area contributed by atoms with Crippen LogP contribution in [-0.4, -0.2) is 12.6 Å². The second-order valence-corrected chi connectivity index (χ2v) is 7.22. The second kappa shape index (κ2) is 6.91. The van der Waals surface area contributed by atoms with E-state index in [0.717, 1.165) is 6.04 Å². The van der Waals surface area contributed by atoms with Crippen molar-refractivity contribution in [3.63, 3.8) is 0 Å². The van der Waals surface area contributed by atoms with Crippen molar-refractivity contribution in [3.05, 3.63) is 20.3 Å². The molecular formula is C14H22BrNS. The van der Waals surface area contributed by atoms with Crippen LogP contribution in [0, 0.1) is 6.92 Å². The fourth-order valence-electron chi connectivity index (χ4n) is 2.06. The van der Waals surface area contributed by atoms with Gasteiger partial charge in [0, 0.05) is 20.3 Å². The van der Waals surface area contributed by atoms with Crippen LogP contribution in [0.3, 0.4) is 0 Å². The molecule has 1 fully saturated rings. The van der Waals surface area contributed by atoms with Crippen LogP contribution in [0.4, 0.5) is 0 Å². The topological polar surface area (TPSA) is 12.0 Å². The van der Waals surface area contributed by atoms with Gasteiger partial charge in [0.2, 0.25) is 0 Å². The van der Waals surface area contributed by atoms with E-state index in [9.17, 15) is 0 Å². The molecule has 0 aliphatic heterocycles. The molecular weight excluding hydrogens is 294 g/mol. The molecule has 1 saturated carbocycles. The second-order valence-electron chi connectivity index (χ2n) is 5.02. The molecule has 1 heterocycles. The smallest absolute Gasteiger partial charge is 0.0317 e. The van der Waals surface area contributed by atoms with E-state index in [1.54, 1.807) is 0 Å². The monoisotopic (exact) mass is 315 g/mol. The highest BCUT2D eigenvalue weighted by molar-refractivity contribution is 9.10. The van der Waals surface area contributed by atoms with Gasteiger partial charge in [0.25, 0.3) is 0 Å². The fourth-order valence-corrected chi connectivity index (χ4v) is 3.96. The third-order valence-corrected chi connectivity index (χ3v) is 5.30. The third kappa shape index (κ3) is 5.11. The van der Waals surface area contributed by atoms with Crippen LogP contribution in [0.15, 0.2) is 10.5 Å². The number of halogens is 1. The number of hydrogen-bond donors (Lipinski definition) is 1. The number of aryl methyl sites for hydroxylation is 2. The molecule has 0 amide bonds. The standard InChI is InChI=1S/C14H22BrNS/c1-11-10-13(15)14(17-11)6-4-2-3-5-9-16-12-7-8-12/h10,12,16H,2-9H2,1H3. The minimum Gasteiger partial charge on any atom is -0.314 e. The third-order valence-electron chi connectivity index (χ3n) is 3.22. The maximum atomic E-state index is 3.63. The van der Waals surface area contributed by atoms with Crippen molar-refractivity contribution in [2.75, 3.05) is 6.54 Å². The number of rotatable bonds is 8. The summed E-state index contributed by atoms with van der Waals surface area (Å²) in [5.74, 6) is 0. The largest absolute Gasteiger partial charge is 0.314 e. The van der Waals surface area contributed by atoms with Crippen molar-refractivity contribution >= 4 is 27.3 Å². The molecule has 1 N–H and O–H groups in total. The average molecular weight is 316 g/mol. The Labute approximate surface area is 117 Å². The van der Waals surface area contributed by atoms with Gasteiger partial charge in [-0.15, -0.1) is 11.3 Å². The Morgan fingerprint density at radius 3 is 2.71 bits per heavy atom. The van der Waals surface area contributed by atoms with Gasteiger partial charge in [-0.1, -0.05) is 12.8 Å². The van der Waals surface area contributed by atoms with Gasteiger partial charge in [-0.2, -0.15) is 0 Å². The molecule has 0 spiro atoms. The maximum absolute atomic E-state index is 3.63. The molecule has 1 nitrogen and oxygen atoms in total. The summed E-state index contributed by atoms with van der Waals surface area (Å²) in [6, 6.07) is 3.11. The van der Waals surface area contributed by atoms with Crippen molar-refractivity contribution in [1.82, 2.24) is 5.32 Å². The van der Waals surface area contributed by atoms with Gasteiger partial charge >= 0.3 is 0 Å². The summed E-state index contributed by atoms with van der Waals surface area (Å²) in [4.78, 5) is 2.94. The van der Waals surface area contributed by atoms with E-state index in [-0.39, 0.29) is 0 Å². The van der Waals surface area contributed by atoms with Crippen LogP contribution in [0.5, 0.6) is 0 Å². The predicted molar refractivity (Wildman–Crippen MR) is 80.0 cm³/mol.